The molecule has 4 atom stereocenters. The summed E-state index contributed by atoms with van der Waals surface area (Å²) in [6, 6.07) is 16.5. The van der Waals surface area contributed by atoms with Crippen molar-refractivity contribution in [3.63, 3.8) is 0 Å². The van der Waals surface area contributed by atoms with Crippen LogP contribution in [0.4, 0.5) is 0 Å². The molecule has 2 aromatic carbocycles. The summed E-state index contributed by atoms with van der Waals surface area (Å²) in [5, 5.41) is 32.0. The van der Waals surface area contributed by atoms with E-state index in [0.29, 0.717) is 29.4 Å². The predicted octanol–water partition coefficient (Wildman–Crippen LogP) is 4.12. The van der Waals surface area contributed by atoms with E-state index in [4.69, 9.17) is 25.5 Å². The number of rotatable bonds is 6. The van der Waals surface area contributed by atoms with Crippen molar-refractivity contribution in [2.75, 3.05) is 6.61 Å². The molecule has 7 heteroatoms. The van der Waals surface area contributed by atoms with Crippen LogP contribution in [0.15, 0.2) is 71.0 Å². The molecule has 1 aliphatic heterocycles. The highest BCUT2D eigenvalue weighted by Gasteiger charge is 2.42. The molecule has 3 aromatic rings. The molecule has 32 heavy (non-hydrogen) atoms. The van der Waals surface area contributed by atoms with Crippen LogP contribution in [0, 0.1) is 0 Å². The Morgan fingerprint density at radius 3 is 2.50 bits per heavy atom. The van der Waals surface area contributed by atoms with E-state index in [0.717, 1.165) is 16.9 Å². The summed E-state index contributed by atoms with van der Waals surface area (Å²) in [6.45, 7) is 2.54. The monoisotopic (exact) mass is 456 g/mol. The van der Waals surface area contributed by atoms with Crippen molar-refractivity contribution in [2.45, 2.75) is 37.8 Å². The van der Waals surface area contributed by atoms with Crippen LogP contribution in [0.3, 0.4) is 0 Å². The molecule has 0 aliphatic carbocycles. The van der Waals surface area contributed by atoms with Gasteiger partial charge < -0.3 is 29.2 Å². The van der Waals surface area contributed by atoms with Crippen molar-refractivity contribution in [1.82, 2.24) is 0 Å². The highest BCUT2D eigenvalue weighted by atomic mass is 35.5. The van der Waals surface area contributed by atoms with Gasteiger partial charge in [0.15, 0.2) is 6.10 Å². The molecule has 6 nitrogen and oxygen atoms in total. The zero-order valence-electron chi connectivity index (χ0n) is 17.5. The zero-order valence-corrected chi connectivity index (χ0v) is 18.3. The lowest BCUT2D eigenvalue weighted by molar-refractivity contribution is -0.156. The summed E-state index contributed by atoms with van der Waals surface area (Å²) in [5.41, 5.74) is 2.53. The van der Waals surface area contributed by atoms with Crippen molar-refractivity contribution in [3.05, 3.63) is 94.1 Å². The van der Waals surface area contributed by atoms with Crippen LogP contribution in [-0.4, -0.2) is 40.2 Å². The molecule has 0 amide bonds. The van der Waals surface area contributed by atoms with Gasteiger partial charge in [-0.05, 0) is 60.4 Å². The van der Waals surface area contributed by atoms with Crippen molar-refractivity contribution in [1.29, 1.82) is 0 Å². The molecule has 0 spiro atoms. The van der Waals surface area contributed by atoms with Crippen molar-refractivity contribution in [2.24, 2.45) is 0 Å². The molecule has 0 bridgehead atoms. The summed E-state index contributed by atoms with van der Waals surface area (Å²) in [7, 11) is 0. The number of aliphatic hydroxyl groups excluding tert-OH is 3. The SMILES string of the molecule is CCOc1ccc(Cc2cc([C@@H]3O/C(=C\c4ccco4)[C@@H](O)[C@H](O)[C@H]3O)ccc2Cl)cc1. The Labute approximate surface area is 191 Å². The van der Waals surface area contributed by atoms with Gasteiger partial charge in [-0.3, -0.25) is 0 Å². The minimum atomic E-state index is -1.42. The molecule has 168 valence electrons. The number of hydrogen-bond acceptors (Lipinski definition) is 6. The van der Waals surface area contributed by atoms with E-state index in [9.17, 15) is 15.3 Å². The van der Waals surface area contributed by atoms with Crippen LogP contribution < -0.4 is 4.74 Å². The van der Waals surface area contributed by atoms with Crippen LogP contribution in [-0.2, 0) is 11.2 Å². The third-order valence-corrected chi connectivity index (χ3v) is 5.76. The fourth-order valence-electron chi connectivity index (χ4n) is 3.72. The van der Waals surface area contributed by atoms with Gasteiger partial charge in [0, 0.05) is 11.1 Å². The molecular weight excluding hydrogens is 432 g/mol. The molecular formula is C25H25ClO6. The highest BCUT2D eigenvalue weighted by molar-refractivity contribution is 6.31. The molecule has 1 saturated heterocycles. The molecule has 1 fully saturated rings. The van der Waals surface area contributed by atoms with Crippen LogP contribution in [0.25, 0.3) is 6.08 Å². The number of halogens is 1. The fraction of sp³-hybridized carbons (Fsp3) is 0.280. The first-order valence-electron chi connectivity index (χ1n) is 10.4. The van der Waals surface area contributed by atoms with Crippen molar-refractivity contribution < 1.29 is 29.2 Å². The van der Waals surface area contributed by atoms with E-state index in [1.54, 1.807) is 24.3 Å². The summed E-state index contributed by atoms with van der Waals surface area (Å²) in [6.07, 6.45) is -1.42. The second-order valence-corrected chi connectivity index (χ2v) is 8.04. The van der Waals surface area contributed by atoms with E-state index >= 15 is 0 Å². The summed E-state index contributed by atoms with van der Waals surface area (Å²) >= 11 is 6.44. The molecule has 4 rings (SSSR count). The zero-order chi connectivity index (χ0) is 22.7. The first-order valence-corrected chi connectivity index (χ1v) is 10.8. The van der Waals surface area contributed by atoms with E-state index in [-0.39, 0.29) is 5.76 Å². The molecule has 1 aromatic heterocycles. The molecule has 0 unspecified atom stereocenters. The predicted molar refractivity (Wildman–Crippen MR) is 120 cm³/mol. The highest BCUT2D eigenvalue weighted by Crippen LogP contribution is 2.36. The van der Waals surface area contributed by atoms with E-state index in [2.05, 4.69) is 0 Å². The van der Waals surface area contributed by atoms with Gasteiger partial charge in [0.25, 0.3) is 0 Å². The summed E-state index contributed by atoms with van der Waals surface area (Å²) in [4.78, 5) is 0. The van der Waals surface area contributed by atoms with Crippen molar-refractivity contribution >= 4 is 17.7 Å². The van der Waals surface area contributed by atoms with Crippen LogP contribution in [0.2, 0.25) is 5.02 Å². The lowest BCUT2D eigenvalue weighted by atomic mass is 9.91. The van der Waals surface area contributed by atoms with Crippen LogP contribution in [0.1, 0.15) is 35.5 Å². The van der Waals surface area contributed by atoms with Gasteiger partial charge in [0.05, 0.1) is 12.9 Å². The Kier molecular flexibility index (Phi) is 6.86. The lowest BCUT2D eigenvalue weighted by Crippen LogP contribution is -2.47. The topological polar surface area (TPSA) is 92.3 Å². The first kappa shape index (κ1) is 22.4. The third-order valence-electron chi connectivity index (χ3n) is 5.39. The Hall–Kier alpha value is -2.77. The molecule has 2 heterocycles. The maximum absolute atomic E-state index is 10.6. The second kappa shape index (κ2) is 9.79. The first-order chi connectivity index (χ1) is 15.5. The molecule has 1 aliphatic rings. The normalized spacial score (nSPS) is 24.3. The molecule has 0 radical (unpaired) electrons. The van der Waals surface area contributed by atoms with Crippen molar-refractivity contribution in [3.8, 4) is 5.75 Å². The Morgan fingerprint density at radius 2 is 1.81 bits per heavy atom. The smallest absolute Gasteiger partial charge is 0.152 e. The van der Waals surface area contributed by atoms with Gasteiger partial charge in [0.1, 0.15) is 35.6 Å². The molecule has 3 N–H and O–H groups in total. The van der Waals surface area contributed by atoms with E-state index < -0.39 is 24.4 Å². The minimum Gasteiger partial charge on any atom is -0.494 e. The van der Waals surface area contributed by atoms with Crippen LogP contribution in [0.5, 0.6) is 5.75 Å². The standard InChI is InChI=1S/C25H25ClO6/c1-2-30-18-8-5-15(6-9-18)12-17-13-16(7-10-20(17)26)25-24(29)23(28)22(27)21(32-25)14-19-4-3-11-31-19/h3-11,13-14,22-25,27-29H,2,12H2,1H3/b21-14-/t22-,23+,24-,25+/m1/s1. The Morgan fingerprint density at radius 1 is 1.03 bits per heavy atom. The quantitative estimate of drug-likeness (QED) is 0.517. The number of benzene rings is 2. The average molecular weight is 457 g/mol. The number of ether oxygens (including phenoxy) is 2. The average Bonchev–Trinajstić information content (AvgIpc) is 3.30. The van der Waals surface area contributed by atoms with Crippen LogP contribution >= 0.6 is 11.6 Å². The largest absolute Gasteiger partial charge is 0.494 e. The summed E-state index contributed by atoms with van der Waals surface area (Å²) in [5.74, 6) is 1.39. The number of hydrogen-bond donors (Lipinski definition) is 3. The fourth-order valence-corrected chi connectivity index (χ4v) is 3.90. The van der Waals surface area contributed by atoms with Gasteiger partial charge in [-0.1, -0.05) is 35.9 Å². The Balaban J connectivity index is 1.59. The third kappa shape index (κ3) is 4.84. The maximum atomic E-state index is 10.6. The second-order valence-electron chi connectivity index (χ2n) is 7.63. The van der Waals surface area contributed by atoms with E-state index in [1.807, 2.05) is 37.3 Å². The Bertz CT molecular complexity index is 1060. The van der Waals surface area contributed by atoms with Gasteiger partial charge in [0.2, 0.25) is 0 Å². The maximum Gasteiger partial charge on any atom is 0.152 e. The minimum absolute atomic E-state index is 0.116. The number of furan rings is 1. The number of aliphatic hydroxyl groups is 3. The van der Waals surface area contributed by atoms with Gasteiger partial charge in [-0.15, -0.1) is 0 Å². The summed E-state index contributed by atoms with van der Waals surface area (Å²) < 4.78 is 16.7. The van der Waals surface area contributed by atoms with Gasteiger partial charge in [-0.25, -0.2) is 0 Å². The van der Waals surface area contributed by atoms with E-state index in [1.165, 1.54) is 12.3 Å². The molecule has 0 saturated carbocycles. The lowest BCUT2D eigenvalue weighted by Gasteiger charge is -2.37. The van der Waals surface area contributed by atoms with Gasteiger partial charge in [-0.2, -0.15) is 0 Å². The van der Waals surface area contributed by atoms with Gasteiger partial charge >= 0.3 is 0 Å².